The minimum absolute atomic E-state index is 0.533. The first-order chi connectivity index (χ1) is 8.46. The molecule has 3 heteroatoms. The number of benzene rings is 1. The van der Waals surface area contributed by atoms with Gasteiger partial charge in [-0.25, -0.2) is 0 Å². The van der Waals surface area contributed by atoms with E-state index < -0.39 is 0 Å². The molecule has 0 amide bonds. The van der Waals surface area contributed by atoms with Gasteiger partial charge < -0.3 is 5.32 Å². The first-order valence-corrected chi connectivity index (χ1v) is 7.81. The third-order valence-electron chi connectivity index (χ3n) is 3.93. The Morgan fingerprint density at radius 3 is 2.67 bits per heavy atom. The van der Waals surface area contributed by atoms with Gasteiger partial charge in [0.05, 0.1) is 0 Å². The van der Waals surface area contributed by atoms with Crippen LogP contribution in [0.25, 0.3) is 0 Å². The van der Waals surface area contributed by atoms with Crippen LogP contribution in [-0.2, 0) is 6.54 Å². The van der Waals surface area contributed by atoms with E-state index in [-0.39, 0.29) is 0 Å². The van der Waals surface area contributed by atoms with Crippen LogP contribution in [-0.4, -0.2) is 6.04 Å². The Balaban J connectivity index is 1.87. The van der Waals surface area contributed by atoms with Crippen LogP contribution in [0.4, 0.5) is 0 Å². The second-order valence-electron chi connectivity index (χ2n) is 6.06. The Morgan fingerprint density at radius 1 is 1.33 bits per heavy atom. The van der Waals surface area contributed by atoms with Crippen LogP contribution < -0.4 is 5.32 Å². The Hall–Kier alpha value is -0.0500. The third kappa shape index (κ3) is 3.97. The summed E-state index contributed by atoms with van der Waals surface area (Å²) in [5.41, 5.74) is 1.71. The van der Waals surface area contributed by atoms with E-state index in [9.17, 15) is 0 Å². The SMILES string of the molecule is CC1(C)CCC(NCc2cc(Br)ccc2Cl)CC1. The van der Waals surface area contributed by atoms with Crippen molar-refractivity contribution in [2.24, 2.45) is 5.41 Å². The Morgan fingerprint density at radius 2 is 2.00 bits per heavy atom. The van der Waals surface area contributed by atoms with Gasteiger partial charge in [-0.2, -0.15) is 0 Å². The fourth-order valence-electron chi connectivity index (χ4n) is 2.54. The van der Waals surface area contributed by atoms with Gasteiger partial charge in [-0.1, -0.05) is 41.4 Å². The van der Waals surface area contributed by atoms with Gasteiger partial charge in [-0.3, -0.25) is 0 Å². The summed E-state index contributed by atoms with van der Waals surface area (Å²) in [6, 6.07) is 6.68. The highest BCUT2D eigenvalue weighted by Gasteiger charge is 2.26. The molecule has 100 valence electrons. The molecule has 1 aliphatic carbocycles. The van der Waals surface area contributed by atoms with Gasteiger partial charge in [0.25, 0.3) is 0 Å². The molecular formula is C15H21BrClN. The molecule has 0 bridgehead atoms. The molecule has 0 saturated heterocycles. The molecule has 0 unspecified atom stereocenters. The maximum Gasteiger partial charge on any atom is 0.0451 e. The van der Waals surface area contributed by atoms with Crippen molar-refractivity contribution < 1.29 is 0 Å². The van der Waals surface area contributed by atoms with Crippen molar-refractivity contribution in [1.82, 2.24) is 5.32 Å². The fraction of sp³-hybridized carbons (Fsp3) is 0.600. The van der Waals surface area contributed by atoms with E-state index in [1.807, 2.05) is 12.1 Å². The number of nitrogens with one attached hydrogen (secondary N) is 1. The molecule has 0 atom stereocenters. The summed E-state index contributed by atoms with van der Waals surface area (Å²) < 4.78 is 1.09. The number of hydrogen-bond acceptors (Lipinski definition) is 1. The molecule has 0 heterocycles. The fourth-order valence-corrected chi connectivity index (χ4v) is 3.13. The summed E-state index contributed by atoms with van der Waals surface area (Å²) >= 11 is 9.69. The molecule has 1 fully saturated rings. The molecule has 1 nitrogen and oxygen atoms in total. The Bertz CT molecular complexity index is 407. The maximum absolute atomic E-state index is 6.20. The van der Waals surface area contributed by atoms with Crippen LogP contribution in [0.15, 0.2) is 22.7 Å². The molecule has 1 aromatic carbocycles. The van der Waals surface area contributed by atoms with Crippen LogP contribution in [0.1, 0.15) is 45.1 Å². The van der Waals surface area contributed by atoms with Crippen molar-refractivity contribution in [2.75, 3.05) is 0 Å². The van der Waals surface area contributed by atoms with Gasteiger partial charge in [0, 0.05) is 22.1 Å². The highest BCUT2D eigenvalue weighted by molar-refractivity contribution is 9.10. The average Bonchev–Trinajstić information content (AvgIpc) is 2.32. The van der Waals surface area contributed by atoms with E-state index in [1.165, 1.54) is 31.2 Å². The molecule has 18 heavy (non-hydrogen) atoms. The largest absolute Gasteiger partial charge is 0.310 e. The number of halogens is 2. The predicted octanol–water partition coefficient (Wildman–Crippen LogP) is 5.16. The molecule has 1 aromatic rings. The van der Waals surface area contributed by atoms with Crippen LogP contribution >= 0.6 is 27.5 Å². The Labute approximate surface area is 123 Å². The maximum atomic E-state index is 6.20. The van der Waals surface area contributed by atoms with E-state index in [0.717, 1.165) is 16.0 Å². The van der Waals surface area contributed by atoms with Crippen molar-refractivity contribution in [1.29, 1.82) is 0 Å². The smallest absolute Gasteiger partial charge is 0.0451 e. The predicted molar refractivity (Wildman–Crippen MR) is 82.0 cm³/mol. The topological polar surface area (TPSA) is 12.0 Å². The number of hydrogen-bond donors (Lipinski definition) is 1. The van der Waals surface area contributed by atoms with Crippen LogP contribution in [0, 0.1) is 5.41 Å². The minimum atomic E-state index is 0.533. The van der Waals surface area contributed by atoms with Crippen LogP contribution in [0.3, 0.4) is 0 Å². The summed E-state index contributed by atoms with van der Waals surface area (Å²) in [6.45, 7) is 5.60. The summed E-state index contributed by atoms with van der Waals surface area (Å²) in [6.07, 6.45) is 5.19. The lowest BCUT2D eigenvalue weighted by atomic mass is 9.75. The van der Waals surface area contributed by atoms with E-state index >= 15 is 0 Å². The minimum Gasteiger partial charge on any atom is -0.310 e. The van der Waals surface area contributed by atoms with E-state index in [0.29, 0.717) is 11.5 Å². The summed E-state index contributed by atoms with van der Waals surface area (Å²) in [7, 11) is 0. The van der Waals surface area contributed by atoms with Gasteiger partial charge in [0.1, 0.15) is 0 Å². The first kappa shape index (κ1) is 14.4. The van der Waals surface area contributed by atoms with Gasteiger partial charge >= 0.3 is 0 Å². The zero-order valence-corrected chi connectivity index (χ0v) is 13.4. The van der Waals surface area contributed by atoms with Crippen molar-refractivity contribution >= 4 is 27.5 Å². The average molecular weight is 331 g/mol. The summed E-state index contributed by atoms with van der Waals surface area (Å²) in [5, 5.41) is 4.49. The van der Waals surface area contributed by atoms with Gasteiger partial charge in [0.15, 0.2) is 0 Å². The van der Waals surface area contributed by atoms with Crippen LogP contribution in [0.5, 0.6) is 0 Å². The molecular weight excluding hydrogens is 310 g/mol. The molecule has 1 aliphatic rings. The molecule has 0 radical (unpaired) electrons. The Kier molecular flexibility index (Phi) is 4.74. The van der Waals surface area contributed by atoms with E-state index in [2.05, 4.69) is 41.2 Å². The zero-order chi connectivity index (χ0) is 13.2. The first-order valence-electron chi connectivity index (χ1n) is 6.64. The van der Waals surface area contributed by atoms with Gasteiger partial charge in [0.2, 0.25) is 0 Å². The van der Waals surface area contributed by atoms with Gasteiger partial charge in [-0.15, -0.1) is 0 Å². The molecule has 1 N–H and O–H groups in total. The highest BCUT2D eigenvalue weighted by Crippen LogP contribution is 2.35. The zero-order valence-electron chi connectivity index (χ0n) is 11.1. The van der Waals surface area contributed by atoms with E-state index in [1.54, 1.807) is 0 Å². The lowest BCUT2D eigenvalue weighted by molar-refractivity contribution is 0.206. The van der Waals surface area contributed by atoms with Crippen molar-refractivity contribution in [3.63, 3.8) is 0 Å². The molecule has 0 spiro atoms. The third-order valence-corrected chi connectivity index (χ3v) is 4.79. The van der Waals surface area contributed by atoms with Crippen LogP contribution in [0.2, 0.25) is 5.02 Å². The quantitative estimate of drug-likeness (QED) is 0.807. The molecule has 2 rings (SSSR count). The van der Waals surface area contributed by atoms with Crippen molar-refractivity contribution in [3.05, 3.63) is 33.3 Å². The van der Waals surface area contributed by atoms with E-state index in [4.69, 9.17) is 11.6 Å². The lowest BCUT2D eigenvalue weighted by Gasteiger charge is -2.34. The van der Waals surface area contributed by atoms with Gasteiger partial charge in [-0.05, 0) is 54.9 Å². The molecule has 0 aromatic heterocycles. The second-order valence-corrected chi connectivity index (χ2v) is 7.38. The summed E-state index contributed by atoms with van der Waals surface area (Å²) in [4.78, 5) is 0. The lowest BCUT2D eigenvalue weighted by Crippen LogP contribution is -2.35. The van der Waals surface area contributed by atoms with Crippen molar-refractivity contribution in [3.8, 4) is 0 Å². The normalized spacial score (nSPS) is 20.0. The number of rotatable bonds is 3. The summed E-state index contributed by atoms with van der Waals surface area (Å²) in [5.74, 6) is 0. The standard InChI is InChI=1S/C15H21BrClN/c1-15(2)7-5-13(6-8-15)18-10-11-9-12(16)3-4-14(11)17/h3-4,9,13,18H,5-8,10H2,1-2H3. The van der Waals surface area contributed by atoms with Crippen molar-refractivity contribution in [2.45, 2.75) is 52.1 Å². The monoisotopic (exact) mass is 329 g/mol. The highest BCUT2D eigenvalue weighted by atomic mass is 79.9. The molecule has 0 aliphatic heterocycles. The molecule has 1 saturated carbocycles. The second kappa shape index (κ2) is 5.94.